The Morgan fingerprint density at radius 3 is 1.72 bits per heavy atom. The van der Waals surface area contributed by atoms with Crippen LogP contribution in [0, 0.1) is 20.9 Å². The molecule has 2 aromatic rings. The van der Waals surface area contributed by atoms with Crippen LogP contribution in [-0.2, 0) is 43.1 Å². The van der Waals surface area contributed by atoms with Gasteiger partial charge >= 0.3 is 31.2 Å². The van der Waals surface area contributed by atoms with Gasteiger partial charge < -0.3 is 14.2 Å². The zero-order valence-corrected chi connectivity index (χ0v) is 25.2. The topological polar surface area (TPSA) is 158 Å². The number of benzene rings is 2. The summed E-state index contributed by atoms with van der Waals surface area (Å²) in [7, 11) is -5.48. The van der Waals surface area contributed by atoms with Gasteiger partial charge in [-0.05, 0) is 65.3 Å². The Labute approximate surface area is 246 Å². The molecule has 0 aromatic heterocycles. The van der Waals surface area contributed by atoms with E-state index in [2.05, 4.69) is 0 Å². The Morgan fingerprint density at radius 2 is 1.30 bits per heavy atom. The molecule has 0 radical (unpaired) electrons. The number of hydrogen-bond donors (Lipinski definition) is 0. The maximum Gasteiger partial charge on any atom is 0.410 e. The van der Waals surface area contributed by atoms with Gasteiger partial charge in [-0.15, -0.1) is 0 Å². The minimum absolute atomic E-state index is 0.0485. The molecule has 2 aromatic carbocycles. The molecule has 0 heterocycles. The third kappa shape index (κ3) is 10.1. The number of esters is 3. The highest BCUT2D eigenvalue weighted by molar-refractivity contribution is 7.54. The molecule has 12 nitrogen and oxygen atoms in total. The maximum absolute atomic E-state index is 15.6. The highest BCUT2D eigenvalue weighted by atomic mass is 31.2. The number of nitrogens with zero attached hydrogens (tertiary/aromatic N) is 1. The molecule has 0 bridgehead atoms. The summed E-state index contributed by atoms with van der Waals surface area (Å²) in [4.78, 5) is 46.2. The van der Waals surface area contributed by atoms with Crippen LogP contribution in [0.15, 0.2) is 54.6 Å². The average Bonchev–Trinajstić information content (AvgIpc) is 2.91. The second kappa shape index (κ2) is 14.0. The molecule has 15 heteroatoms. The smallest absolute Gasteiger partial charge is 0.410 e. The van der Waals surface area contributed by atoms with E-state index in [0.717, 1.165) is 30.3 Å². The third-order valence-electron chi connectivity index (χ3n) is 5.33. The van der Waals surface area contributed by atoms with Crippen LogP contribution in [0.25, 0.3) is 6.08 Å². The first-order valence-corrected chi connectivity index (χ1v) is 14.2. The van der Waals surface area contributed by atoms with Gasteiger partial charge in [0.15, 0.2) is 0 Å². The van der Waals surface area contributed by atoms with E-state index in [0.29, 0.717) is 0 Å². The fourth-order valence-corrected chi connectivity index (χ4v) is 4.08. The highest BCUT2D eigenvalue weighted by Crippen LogP contribution is 2.66. The highest BCUT2D eigenvalue weighted by Gasteiger charge is 2.56. The Bertz CT molecular complexity index is 1360. The number of ether oxygens (including phenoxy) is 3. The number of halogens is 2. The lowest BCUT2D eigenvalue weighted by molar-refractivity contribution is -0.384. The zero-order chi connectivity index (χ0) is 32.6. The first kappa shape index (κ1) is 35.2. The van der Waals surface area contributed by atoms with Gasteiger partial charge in [-0.1, -0.05) is 24.3 Å². The lowest BCUT2D eigenvalue weighted by atomic mass is 9.98. The van der Waals surface area contributed by atoms with Gasteiger partial charge in [-0.2, -0.15) is 8.78 Å². The second-order valence-electron chi connectivity index (χ2n) is 11.0. The first-order valence-electron chi connectivity index (χ1n) is 12.6. The quantitative estimate of drug-likeness (QED) is 0.0476. The molecule has 2 rings (SSSR count). The number of hydrogen-bond acceptors (Lipinski definition) is 11. The summed E-state index contributed by atoms with van der Waals surface area (Å²) in [6, 6.07) is 8.95. The van der Waals surface area contributed by atoms with E-state index in [4.69, 9.17) is 23.3 Å². The number of non-ortho nitro benzene ring substituents is 1. The molecule has 0 atom stereocenters. The van der Waals surface area contributed by atoms with Crippen LogP contribution in [0.3, 0.4) is 0 Å². The fraction of sp³-hybridized carbons (Fsp3) is 0.393. The maximum atomic E-state index is 15.6. The van der Waals surface area contributed by atoms with Gasteiger partial charge in [0.25, 0.3) is 5.69 Å². The van der Waals surface area contributed by atoms with E-state index in [9.17, 15) is 29.1 Å². The molecular weight excluding hydrogens is 595 g/mol. The van der Waals surface area contributed by atoms with E-state index in [1.54, 1.807) is 0 Å². The molecule has 0 unspecified atom stereocenters. The number of carbonyl (C=O) groups is 3. The van der Waals surface area contributed by atoms with Crippen molar-refractivity contribution < 1.29 is 55.9 Å². The van der Waals surface area contributed by atoms with E-state index in [1.807, 2.05) is 0 Å². The monoisotopic (exact) mass is 627 g/mol. The van der Waals surface area contributed by atoms with Crippen LogP contribution >= 0.6 is 7.60 Å². The average molecular weight is 628 g/mol. The molecule has 0 fully saturated rings. The third-order valence-corrected chi connectivity index (χ3v) is 7.17. The van der Waals surface area contributed by atoms with Gasteiger partial charge in [0.1, 0.15) is 5.75 Å². The van der Waals surface area contributed by atoms with Crippen LogP contribution in [0.5, 0.6) is 5.75 Å². The molecule has 0 spiro atoms. The van der Waals surface area contributed by atoms with Crippen LogP contribution in [0.2, 0.25) is 0 Å². The van der Waals surface area contributed by atoms with Crippen LogP contribution in [-0.4, -0.2) is 36.4 Å². The van der Waals surface area contributed by atoms with E-state index in [1.165, 1.54) is 71.9 Å². The van der Waals surface area contributed by atoms with E-state index >= 15 is 8.78 Å². The minimum atomic E-state index is -5.48. The van der Waals surface area contributed by atoms with Crippen molar-refractivity contribution in [2.45, 2.75) is 47.2 Å². The molecule has 0 N–H and O–H groups in total. The van der Waals surface area contributed by atoms with Crippen molar-refractivity contribution in [1.29, 1.82) is 0 Å². The number of rotatable bonds is 12. The van der Waals surface area contributed by atoms with Gasteiger partial charge in [-0.3, -0.25) is 33.3 Å². The summed E-state index contributed by atoms with van der Waals surface area (Å²) in [6.45, 7) is 6.81. The summed E-state index contributed by atoms with van der Waals surface area (Å²) in [5, 5.41) is 10.7. The van der Waals surface area contributed by atoms with Crippen molar-refractivity contribution in [3.63, 3.8) is 0 Å². The molecule has 0 aliphatic rings. The molecule has 0 aliphatic carbocycles. The minimum Gasteiger partial charge on any atom is -0.438 e. The normalized spacial score (nSPS) is 12.6. The van der Waals surface area contributed by atoms with Crippen molar-refractivity contribution in [1.82, 2.24) is 0 Å². The summed E-state index contributed by atoms with van der Waals surface area (Å²) in [6.07, 6.45) is 2.25. The predicted octanol–water partition coefficient (Wildman–Crippen LogP) is 6.58. The second-order valence-corrected chi connectivity index (χ2v) is 13.1. The van der Waals surface area contributed by atoms with Gasteiger partial charge in [0.2, 0.25) is 13.6 Å². The van der Waals surface area contributed by atoms with E-state index in [-0.39, 0.29) is 17.0 Å². The Kier molecular flexibility index (Phi) is 11.4. The Balaban J connectivity index is 2.18. The molecular formula is C28H32F2NO11P. The lowest BCUT2D eigenvalue weighted by Crippen LogP contribution is -2.27. The summed E-state index contributed by atoms with van der Waals surface area (Å²) in [5.74, 6) is -2.42. The number of carbonyl (C=O) groups excluding carboxylic acids is 3. The van der Waals surface area contributed by atoms with Crippen molar-refractivity contribution in [3.8, 4) is 5.75 Å². The summed E-state index contributed by atoms with van der Waals surface area (Å²) >= 11 is 0. The first-order chi connectivity index (χ1) is 19.8. The van der Waals surface area contributed by atoms with Crippen LogP contribution in [0.1, 0.15) is 52.7 Å². The number of alkyl halides is 2. The van der Waals surface area contributed by atoms with E-state index < -0.39 is 66.1 Å². The summed E-state index contributed by atoms with van der Waals surface area (Å²) in [5.41, 5.74) is -7.04. The molecule has 43 heavy (non-hydrogen) atoms. The van der Waals surface area contributed by atoms with Crippen molar-refractivity contribution in [3.05, 3.63) is 75.8 Å². The zero-order valence-electron chi connectivity index (χ0n) is 24.3. The predicted molar refractivity (Wildman–Crippen MR) is 149 cm³/mol. The van der Waals surface area contributed by atoms with Gasteiger partial charge in [-0.25, -0.2) is 4.79 Å². The van der Waals surface area contributed by atoms with Crippen molar-refractivity contribution in [2.24, 2.45) is 10.8 Å². The SMILES string of the molecule is CC(C)(C)C(=O)OCOP(=O)(OCOC(=O)C(C)(C)C)C(F)(F)c1ccc(/C=C/C(=O)Oc2ccc([N+](=O)[O-])cc2)cc1. The van der Waals surface area contributed by atoms with Gasteiger partial charge in [0, 0.05) is 23.8 Å². The summed E-state index contributed by atoms with van der Waals surface area (Å²) < 4.78 is 68.7. The molecule has 0 amide bonds. The van der Waals surface area contributed by atoms with Crippen LogP contribution in [0.4, 0.5) is 14.5 Å². The number of nitro benzene ring substituents is 1. The fourth-order valence-electron chi connectivity index (χ4n) is 2.83. The van der Waals surface area contributed by atoms with Gasteiger partial charge in [0.05, 0.1) is 15.8 Å². The van der Waals surface area contributed by atoms with Crippen LogP contribution < -0.4 is 4.74 Å². The lowest BCUT2D eigenvalue weighted by Gasteiger charge is -2.27. The molecule has 0 aliphatic heterocycles. The molecule has 0 saturated heterocycles. The van der Waals surface area contributed by atoms with Crippen molar-refractivity contribution in [2.75, 3.05) is 13.6 Å². The molecule has 0 saturated carbocycles. The number of nitro groups is 1. The standard InChI is InChI=1S/C28H32F2NO11P/c1-26(2,3)24(33)38-17-40-43(37,41-18-39-25(34)27(4,5)6)28(29,30)20-10-7-19(8-11-20)9-16-23(32)42-22-14-12-21(13-15-22)31(35)36/h7-16H,17-18H2,1-6H3/b16-9+. The van der Waals surface area contributed by atoms with Crippen molar-refractivity contribution >= 4 is 37.3 Å². The Hall–Kier alpha value is -4.00. The largest absolute Gasteiger partial charge is 0.438 e. The Morgan fingerprint density at radius 1 is 0.837 bits per heavy atom. The molecule has 234 valence electrons.